The maximum atomic E-state index is 13.7. The molecular weight excluding hydrogens is 604 g/mol. The summed E-state index contributed by atoms with van der Waals surface area (Å²) in [6, 6.07) is 9.94. The average molecular weight is 653 g/mol. The number of piperazine rings is 1. The van der Waals surface area contributed by atoms with E-state index in [4.69, 9.17) is 14.5 Å². The third-order valence-corrected chi connectivity index (χ3v) is 8.72. The number of carbonyl (C=O) groups excluding carboxylic acids is 3. The van der Waals surface area contributed by atoms with Crippen LogP contribution in [0.25, 0.3) is 11.4 Å². The normalized spacial score (nSPS) is 16.1. The van der Waals surface area contributed by atoms with Crippen LogP contribution in [0.5, 0.6) is 0 Å². The molecule has 2 aromatic rings. The van der Waals surface area contributed by atoms with Crippen LogP contribution in [0.4, 0.5) is 10.6 Å². The van der Waals surface area contributed by atoms with E-state index in [1.807, 2.05) is 30.3 Å². The summed E-state index contributed by atoms with van der Waals surface area (Å²) < 4.78 is 10.6. The molecule has 47 heavy (non-hydrogen) atoms. The number of rotatable bonds is 15. The van der Waals surface area contributed by atoms with Crippen LogP contribution in [0, 0.1) is 5.92 Å². The first-order chi connectivity index (χ1) is 22.8. The van der Waals surface area contributed by atoms with Gasteiger partial charge in [0.25, 0.3) is 5.91 Å². The molecule has 2 aliphatic heterocycles. The Labute approximate surface area is 276 Å². The van der Waals surface area contributed by atoms with E-state index in [1.54, 1.807) is 23.0 Å². The van der Waals surface area contributed by atoms with Crippen LogP contribution in [0.15, 0.2) is 36.4 Å². The van der Waals surface area contributed by atoms with Crippen molar-refractivity contribution in [3.05, 3.63) is 42.1 Å². The summed E-state index contributed by atoms with van der Waals surface area (Å²) in [5, 5.41) is 12.2. The summed E-state index contributed by atoms with van der Waals surface area (Å²) in [5.74, 6) is -0.479. The van der Waals surface area contributed by atoms with Gasteiger partial charge in [-0.15, -0.1) is 0 Å². The van der Waals surface area contributed by atoms with Crippen molar-refractivity contribution in [1.29, 1.82) is 0 Å². The topological polar surface area (TPSA) is 154 Å². The van der Waals surface area contributed by atoms with Crippen molar-refractivity contribution >= 4 is 29.7 Å². The predicted molar refractivity (Wildman–Crippen MR) is 176 cm³/mol. The van der Waals surface area contributed by atoms with Crippen molar-refractivity contribution < 1.29 is 33.8 Å². The summed E-state index contributed by atoms with van der Waals surface area (Å²) in [5.41, 5.74) is 0.845. The lowest BCUT2D eigenvalue weighted by atomic mass is 9.94. The number of carbonyl (C=O) groups is 4. The van der Waals surface area contributed by atoms with Crippen LogP contribution in [0.2, 0.25) is 0 Å². The van der Waals surface area contributed by atoms with Gasteiger partial charge in [0.05, 0.1) is 6.61 Å². The third-order valence-electron chi connectivity index (χ3n) is 8.72. The Kier molecular flexibility index (Phi) is 13.8. The second-order valence-corrected chi connectivity index (χ2v) is 12.1. The molecule has 0 bridgehead atoms. The van der Waals surface area contributed by atoms with Crippen molar-refractivity contribution in [1.82, 2.24) is 25.1 Å². The lowest BCUT2D eigenvalue weighted by Gasteiger charge is -2.36. The highest BCUT2D eigenvalue weighted by Crippen LogP contribution is 2.27. The van der Waals surface area contributed by atoms with E-state index in [0.717, 1.165) is 63.8 Å². The van der Waals surface area contributed by atoms with E-state index in [-0.39, 0.29) is 44.7 Å². The van der Waals surface area contributed by atoms with Crippen LogP contribution in [0.1, 0.15) is 68.8 Å². The highest BCUT2D eigenvalue weighted by Gasteiger charge is 2.32. The van der Waals surface area contributed by atoms with Crippen LogP contribution in [-0.2, 0) is 19.1 Å². The van der Waals surface area contributed by atoms with Gasteiger partial charge in [0.15, 0.2) is 5.82 Å². The Morgan fingerprint density at radius 3 is 2.32 bits per heavy atom. The summed E-state index contributed by atoms with van der Waals surface area (Å²) in [6.45, 7) is 5.79. The Morgan fingerprint density at radius 1 is 0.957 bits per heavy atom. The molecule has 0 spiro atoms. The van der Waals surface area contributed by atoms with Gasteiger partial charge in [-0.3, -0.25) is 14.4 Å². The zero-order valence-corrected chi connectivity index (χ0v) is 27.6. The monoisotopic (exact) mass is 652 g/mol. The maximum absolute atomic E-state index is 13.7. The molecule has 2 N–H and O–H groups in total. The molecule has 0 saturated carbocycles. The maximum Gasteiger partial charge on any atom is 0.409 e. The van der Waals surface area contributed by atoms with Crippen LogP contribution in [0.3, 0.4) is 0 Å². The van der Waals surface area contributed by atoms with Crippen molar-refractivity contribution in [3.63, 3.8) is 0 Å². The fourth-order valence-electron chi connectivity index (χ4n) is 5.85. The van der Waals surface area contributed by atoms with E-state index < -0.39 is 29.9 Å². The Balaban J connectivity index is 1.47. The molecule has 0 radical (unpaired) electrons. The highest BCUT2D eigenvalue weighted by molar-refractivity contribution is 5.97. The molecule has 13 heteroatoms. The molecule has 1 atom stereocenters. The Bertz CT molecular complexity index is 1330. The average Bonchev–Trinajstić information content (AvgIpc) is 3.11. The standard InChI is InChI=1S/C34H48N6O7/c1-3-4-8-22-47-34(45)40-20-18-39(19-21-40)33(44)27(11-12-30(41)42)36-32(43)28-24-29(37-31(35-28)26-9-6-5-7-10-26)38-16-13-25(14-17-38)15-23-46-2/h5-7,9-10,24-25,27H,3-4,8,11-23H2,1-2H3,(H,36,43)(H,41,42)/t27-/m0/s1. The number of piperidine rings is 1. The number of benzene rings is 1. The summed E-state index contributed by atoms with van der Waals surface area (Å²) in [4.78, 5) is 66.0. The Morgan fingerprint density at radius 2 is 1.66 bits per heavy atom. The number of unbranched alkanes of at least 4 members (excludes halogenated alkanes) is 2. The molecule has 3 heterocycles. The number of aliphatic carboxylic acids is 1. The first-order valence-electron chi connectivity index (χ1n) is 16.7. The van der Waals surface area contributed by atoms with E-state index in [1.165, 1.54) is 0 Å². The third kappa shape index (κ3) is 10.6. The summed E-state index contributed by atoms with van der Waals surface area (Å²) in [7, 11) is 1.71. The number of anilines is 1. The minimum Gasteiger partial charge on any atom is -0.481 e. The molecule has 256 valence electrons. The number of aromatic nitrogens is 2. The molecular formula is C34H48N6O7. The number of amides is 3. The van der Waals surface area contributed by atoms with Crippen LogP contribution in [-0.4, -0.2) is 114 Å². The summed E-state index contributed by atoms with van der Waals surface area (Å²) >= 11 is 0. The molecule has 2 aliphatic rings. The van der Waals surface area contributed by atoms with Gasteiger partial charge in [-0.2, -0.15) is 0 Å². The quantitative estimate of drug-likeness (QED) is 0.271. The van der Waals surface area contributed by atoms with Crippen LogP contribution < -0.4 is 10.2 Å². The number of ether oxygens (including phenoxy) is 2. The van der Waals surface area contributed by atoms with Gasteiger partial charge in [0.2, 0.25) is 5.91 Å². The smallest absolute Gasteiger partial charge is 0.409 e. The molecule has 2 saturated heterocycles. The first kappa shape index (κ1) is 35.6. The highest BCUT2D eigenvalue weighted by atomic mass is 16.6. The minimum absolute atomic E-state index is 0.0853. The van der Waals surface area contributed by atoms with Gasteiger partial charge in [-0.25, -0.2) is 14.8 Å². The molecule has 1 aromatic heterocycles. The zero-order chi connectivity index (χ0) is 33.6. The number of carboxylic acids is 1. The van der Waals surface area contributed by atoms with Gasteiger partial charge < -0.3 is 34.6 Å². The van der Waals surface area contributed by atoms with Gasteiger partial charge in [-0.05, 0) is 38.0 Å². The van der Waals surface area contributed by atoms with E-state index in [9.17, 15) is 24.3 Å². The van der Waals surface area contributed by atoms with Crippen molar-refractivity contribution in [2.24, 2.45) is 5.92 Å². The number of methoxy groups -OCH3 is 1. The predicted octanol–water partition coefficient (Wildman–Crippen LogP) is 3.83. The minimum atomic E-state index is -1.08. The van der Waals surface area contributed by atoms with Crippen molar-refractivity contribution in [3.8, 4) is 11.4 Å². The lowest BCUT2D eigenvalue weighted by molar-refractivity contribution is -0.138. The second kappa shape index (κ2) is 18.2. The van der Waals surface area contributed by atoms with E-state index in [0.29, 0.717) is 24.2 Å². The van der Waals surface area contributed by atoms with Crippen molar-refractivity contribution in [2.45, 2.75) is 64.3 Å². The number of hydrogen-bond donors (Lipinski definition) is 2. The molecule has 4 rings (SSSR count). The van der Waals surface area contributed by atoms with Crippen molar-refractivity contribution in [2.75, 3.05) is 64.5 Å². The fourth-order valence-corrected chi connectivity index (χ4v) is 5.85. The Hall–Kier alpha value is -4.26. The fraction of sp³-hybridized carbons (Fsp3) is 0.588. The SMILES string of the molecule is CCCCCOC(=O)N1CCN(C(=O)[C@H](CCC(=O)O)NC(=O)c2cc(N3CCC(CCOC)CC3)nc(-c3ccccc3)n2)CC1. The van der Waals surface area contributed by atoms with Crippen LogP contribution >= 0.6 is 0 Å². The first-order valence-corrected chi connectivity index (χ1v) is 16.7. The summed E-state index contributed by atoms with van der Waals surface area (Å²) in [6.07, 6.45) is 4.98. The second-order valence-electron chi connectivity index (χ2n) is 12.1. The molecule has 0 unspecified atom stereocenters. The molecule has 0 aliphatic carbocycles. The van der Waals surface area contributed by atoms with E-state index in [2.05, 4.69) is 22.1 Å². The number of hydrogen-bond acceptors (Lipinski definition) is 9. The van der Waals surface area contributed by atoms with E-state index >= 15 is 0 Å². The van der Waals surface area contributed by atoms with Gasteiger partial charge in [0, 0.05) is 71.0 Å². The molecule has 13 nitrogen and oxygen atoms in total. The largest absolute Gasteiger partial charge is 0.481 e. The molecule has 3 amide bonds. The zero-order valence-electron chi connectivity index (χ0n) is 27.6. The van der Waals surface area contributed by atoms with Gasteiger partial charge in [0.1, 0.15) is 17.6 Å². The lowest BCUT2D eigenvalue weighted by Crippen LogP contribution is -2.56. The molecule has 2 fully saturated rings. The molecule has 1 aromatic carbocycles. The number of nitrogens with zero attached hydrogens (tertiary/aromatic N) is 5. The number of nitrogens with one attached hydrogen (secondary N) is 1. The number of carboxylic acid groups (broad SMARTS) is 1. The van der Waals surface area contributed by atoms with Gasteiger partial charge in [-0.1, -0.05) is 50.1 Å². The van der Waals surface area contributed by atoms with Gasteiger partial charge >= 0.3 is 12.1 Å².